The molecule has 0 bridgehead atoms. The molecule has 0 unspecified atom stereocenters. The van der Waals surface area contributed by atoms with Crippen LogP contribution in [0.5, 0.6) is 0 Å². The Balaban J connectivity index is 2.38. The van der Waals surface area contributed by atoms with E-state index in [1.807, 2.05) is 0 Å². The standard InChI is InChI=1S/C12H12BrF3O2/c13-9-1-2-11(14)8(5-9)6-10(17)3-4-18-7-12(15)16/h1-2,5,12H,3-4,6-7H2. The maximum absolute atomic E-state index is 13.3. The van der Waals surface area contributed by atoms with Gasteiger partial charge < -0.3 is 4.74 Å². The fourth-order valence-corrected chi connectivity index (χ4v) is 1.75. The Labute approximate surface area is 111 Å². The van der Waals surface area contributed by atoms with E-state index in [4.69, 9.17) is 0 Å². The zero-order valence-electron chi connectivity index (χ0n) is 9.47. The Hall–Kier alpha value is -0.880. The summed E-state index contributed by atoms with van der Waals surface area (Å²) in [4.78, 5) is 11.5. The molecule has 0 heterocycles. The van der Waals surface area contributed by atoms with Gasteiger partial charge in [0.1, 0.15) is 18.2 Å². The highest BCUT2D eigenvalue weighted by Crippen LogP contribution is 2.16. The third-order valence-corrected chi connectivity index (χ3v) is 2.66. The van der Waals surface area contributed by atoms with Crippen molar-refractivity contribution in [2.24, 2.45) is 0 Å². The lowest BCUT2D eigenvalue weighted by Crippen LogP contribution is -2.11. The Morgan fingerprint density at radius 1 is 1.39 bits per heavy atom. The number of alkyl halides is 2. The van der Waals surface area contributed by atoms with Crippen LogP contribution in [0.2, 0.25) is 0 Å². The van der Waals surface area contributed by atoms with Crippen molar-refractivity contribution in [3.8, 4) is 0 Å². The van der Waals surface area contributed by atoms with Crippen molar-refractivity contribution in [3.63, 3.8) is 0 Å². The van der Waals surface area contributed by atoms with Gasteiger partial charge in [-0.1, -0.05) is 15.9 Å². The number of hydrogen-bond donors (Lipinski definition) is 0. The van der Waals surface area contributed by atoms with Crippen molar-refractivity contribution in [2.75, 3.05) is 13.2 Å². The number of benzene rings is 1. The summed E-state index contributed by atoms with van der Waals surface area (Å²) in [5.74, 6) is -0.707. The van der Waals surface area contributed by atoms with Crippen LogP contribution in [0.25, 0.3) is 0 Å². The van der Waals surface area contributed by atoms with E-state index >= 15 is 0 Å². The molecule has 0 spiro atoms. The molecule has 0 N–H and O–H groups in total. The first-order valence-corrected chi connectivity index (χ1v) is 6.10. The second kappa shape index (κ2) is 7.53. The molecule has 1 rings (SSSR count). The van der Waals surface area contributed by atoms with Crippen molar-refractivity contribution >= 4 is 21.7 Å². The van der Waals surface area contributed by atoms with Crippen LogP contribution in [-0.2, 0) is 16.0 Å². The summed E-state index contributed by atoms with van der Waals surface area (Å²) in [6.45, 7) is -0.753. The van der Waals surface area contributed by atoms with Gasteiger partial charge in [0.2, 0.25) is 0 Å². The fraction of sp³-hybridized carbons (Fsp3) is 0.417. The predicted molar refractivity (Wildman–Crippen MR) is 64.3 cm³/mol. The molecular weight excluding hydrogens is 313 g/mol. The molecule has 0 fully saturated rings. The smallest absolute Gasteiger partial charge is 0.261 e. The van der Waals surface area contributed by atoms with Crippen LogP contribution in [0.15, 0.2) is 22.7 Å². The van der Waals surface area contributed by atoms with Gasteiger partial charge >= 0.3 is 0 Å². The lowest BCUT2D eigenvalue weighted by Gasteiger charge is -2.05. The third-order valence-electron chi connectivity index (χ3n) is 2.16. The van der Waals surface area contributed by atoms with E-state index in [-0.39, 0.29) is 30.8 Å². The molecule has 0 aliphatic heterocycles. The molecule has 18 heavy (non-hydrogen) atoms. The summed E-state index contributed by atoms with van der Waals surface area (Å²) >= 11 is 3.18. The van der Waals surface area contributed by atoms with Crippen molar-refractivity contribution in [1.82, 2.24) is 0 Å². The van der Waals surface area contributed by atoms with Crippen LogP contribution >= 0.6 is 15.9 Å². The first kappa shape index (κ1) is 15.2. The van der Waals surface area contributed by atoms with Gasteiger partial charge in [0.15, 0.2) is 0 Å². The number of ether oxygens (including phenoxy) is 1. The van der Waals surface area contributed by atoms with Crippen LogP contribution in [0.1, 0.15) is 12.0 Å². The molecule has 0 aliphatic carbocycles. The number of rotatable bonds is 7. The second-order valence-corrected chi connectivity index (χ2v) is 4.58. The van der Waals surface area contributed by atoms with Crippen LogP contribution < -0.4 is 0 Å². The van der Waals surface area contributed by atoms with Crippen LogP contribution in [-0.4, -0.2) is 25.4 Å². The average molecular weight is 325 g/mol. The molecule has 6 heteroatoms. The summed E-state index contributed by atoms with van der Waals surface area (Å²) in [6.07, 6.45) is -2.61. The summed E-state index contributed by atoms with van der Waals surface area (Å²) in [5, 5.41) is 0. The van der Waals surface area contributed by atoms with Crippen LogP contribution in [0.3, 0.4) is 0 Å². The van der Waals surface area contributed by atoms with Gasteiger partial charge in [0.05, 0.1) is 6.61 Å². The van der Waals surface area contributed by atoms with Crippen molar-refractivity contribution in [1.29, 1.82) is 0 Å². The average Bonchev–Trinajstić information content (AvgIpc) is 2.29. The minimum Gasteiger partial charge on any atom is -0.375 e. The van der Waals surface area contributed by atoms with Gasteiger partial charge in [0.25, 0.3) is 6.43 Å². The van der Waals surface area contributed by atoms with Crippen LogP contribution in [0.4, 0.5) is 13.2 Å². The third kappa shape index (κ3) is 5.64. The maximum atomic E-state index is 13.3. The molecule has 1 aromatic carbocycles. The molecule has 1 aromatic rings. The van der Waals surface area contributed by atoms with Crippen molar-refractivity contribution in [3.05, 3.63) is 34.1 Å². The lowest BCUT2D eigenvalue weighted by atomic mass is 10.1. The Morgan fingerprint density at radius 3 is 2.78 bits per heavy atom. The number of Topliss-reactive ketones (excluding diaryl/α,β-unsaturated/α-hetero) is 1. The predicted octanol–water partition coefficient (Wildman–Crippen LogP) is 3.37. The minimum absolute atomic E-state index is 0.00132. The van der Waals surface area contributed by atoms with E-state index in [0.717, 1.165) is 0 Å². The second-order valence-electron chi connectivity index (χ2n) is 3.67. The van der Waals surface area contributed by atoms with Gasteiger partial charge in [-0.2, -0.15) is 0 Å². The molecule has 0 radical (unpaired) electrons. The molecule has 0 amide bonds. The highest BCUT2D eigenvalue weighted by molar-refractivity contribution is 9.10. The topological polar surface area (TPSA) is 26.3 Å². The van der Waals surface area contributed by atoms with E-state index in [1.165, 1.54) is 18.2 Å². The van der Waals surface area contributed by atoms with E-state index in [1.54, 1.807) is 0 Å². The van der Waals surface area contributed by atoms with Gasteiger partial charge in [0, 0.05) is 17.3 Å². The number of hydrogen-bond acceptors (Lipinski definition) is 2. The van der Waals surface area contributed by atoms with E-state index in [9.17, 15) is 18.0 Å². The minimum atomic E-state index is -2.54. The lowest BCUT2D eigenvalue weighted by molar-refractivity contribution is -0.119. The number of halogens is 4. The fourth-order valence-electron chi connectivity index (χ4n) is 1.34. The van der Waals surface area contributed by atoms with Gasteiger partial charge in [-0.15, -0.1) is 0 Å². The van der Waals surface area contributed by atoms with E-state index in [2.05, 4.69) is 20.7 Å². The zero-order valence-corrected chi connectivity index (χ0v) is 11.1. The highest BCUT2D eigenvalue weighted by atomic mass is 79.9. The zero-order chi connectivity index (χ0) is 13.5. The summed E-state index contributed by atoms with van der Waals surface area (Å²) in [5.41, 5.74) is 0.281. The maximum Gasteiger partial charge on any atom is 0.261 e. The van der Waals surface area contributed by atoms with Gasteiger partial charge in [-0.05, 0) is 23.8 Å². The summed E-state index contributed by atoms with van der Waals surface area (Å²) in [6, 6.07) is 4.32. The van der Waals surface area contributed by atoms with Crippen molar-refractivity contribution < 1.29 is 22.7 Å². The molecule has 0 saturated heterocycles. The molecule has 2 nitrogen and oxygen atoms in total. The molecule has 0 aromatic heterocycles. The normalized spacial score (nSPS) is 10.9. The molecule has 0 saturated carbocycles. The van der Waals surface area contributed by atoms with Crippen LogP contribution in [0, 0.1) is 5.82 Å². The quantitative estimate of drug-likeness (QED) is 0.719. The Morgan fingerprint density at radius 2 is 2.11 bits per heavy atom. The molecule has 0 atom stereocenters. The highest BCUT2D eigenvalue weighted by Gasteiger charge is 2.09. The Bertz CT molecular complexity index is 410. The first-order valence-electron chi connectivity index (χ1n) is 5.30. The SMILES string of the molecule is O=C(CCOCC(F)F)Cc1cc(Br)ccc1F. The number of carbonyl (C=O) groups is 1. The van der Waals surface area contributed by atoms with Crippen molar-refractivity contribution in [2.45, 2.75) is 19.3 Å². The monoisotopic (exact) mass is 324 g/mol. The Kier molecular flexibility index (Phi) is 6.35. The first-order chi connectivity index (χ1) is 8.49. The largest absolute Gasteiger partial charge is 0.375 e. The van der Waals surface area contributed by atoms with E-state index < -0.39 is 18.8 Å². The van der Waals surface area contributed by atoms with Gasteiger partial charge in [-0.3, -0.25) is 4.79 Å². The van der Waals surface area contributed by atoms with E-state index in [0.29, 0.717) is 4.47 Å². The number of ketones is 1. The van der Waals surface area contributed by atoms with Gasteiger partial charge in [-0.25, -0.2) is 13.2 Å². The summed E-state index contributed by atoms with van der Waals surface area (Å²) in [7, 11) is 0. The molecule has 100 valence electrons. The molecular formula is C12H12BrF3O2. The number of carbonyl (C=O) groups excluding carboxylic acids is 1. The summed E-state index contributed by atoms with van der Waals surface area (Å²) < 4.78 is 42.1. The molecule has 0 aliphatic rings.